The summed E-state index contributed by atoms with van der Waals surface area (Å²) in [6.07, 6.45) is 1.97. The van der Waals surface area contributed by atoms with Crippen molar-refractivity contribution in [1.82, 2.24) is 5.43 Å². The van der Waals surface area contributed by atoms with Crippen LogP contribution in [0.3, 0.4) is 0 Å². The lowest BCUT2D eigenvalue weighted by molar-refractivity contribution is 0.261. The van der Waals surface area contributed by atoms with Crippen LogP contribution in [0.2, 0.25) is 0 Å². The molecule has 2 aliphatic rings. The third-order valence-electron chi connectivity index (χ3n) is 5.17. The number of amidine groups is 1. The molecule has 0 saturated heterocycles. The Morgan fingerprint density at radius 2 is 2.03 bits per heavy atom. The van der Waals surface area contributed by atoms with Crippen LogP contribution in [0, 0.1) is 5.82 Å². The number of carbonyl (C=O) groups is 1. The Morgan fingerprint density at radius 1 is 1.27 bits per heavy atom. The monoisotopic (exact) mass is 424 g/mol. The van der Waals surface area contributed by atoms with Crippen molar-refractivity contribution < 1.29 is 9.18 Å². The predicted octanol–water partition coefficient (Wildman–Crippen LogP) is 4.98. The Morgan fingerprint density at radius 3 is 2.73 bits per heavy atom. The molecule has 5 nitrogen and oxygen atoms in total. The summed E-state index contributed by atoms with van der Waals surface area (Å²) in [5.74, 6) is 0.614. The quantitative estimate of drug-likeness (QED) is 0.558. The van der Waals surface area contributed by atoms with Crippen LogP contribution in [-0.4, -0.2) is 34.6 Å². The smallest absolute Gasteiger partial charge is 0.299 e. The van der Waals surface area contributed by atoms with Crippen molar-refractivity contribution in [3.8, 4) is 0 Å². The third kappa shape index (κ3) is 4.26. The Bertz CT molecular complexity index is 1020. The Labute approximate surface area is 180 Å². The first-order valence-electron chi connectivity index (χ1n) is 10.2. The standard InChI is InChI=1S/C23H25FN4OS/c1-14(2)25-22(16-6-9-19(24)10-7-16)28-12-4-5-17-13-18(8-11-20(17)28)21-15(3)30-23(29)27-26-21/h6-11,13-15H,4-5,12H2,1-3H3,(H,27,29)/b25-22-. The zero-order valence-electron chi connectivity index (χ0n) is 17.4. The maximum Gasteiger partial charge on any atom is 0.299 e. The van der Waals surface area contributed by atoms with E-state index >= 15 is 0 Å². The van der Waals surface area contributed by atoms with Crippen molar-refractivity contribution >= 4 is 34.2 Å². The maximum atomic E-state index is 13.5. The van der Waals surface area contributed by atoms with Gasteiger partial charge in [-0.15, -0.1) is 0 Å². The first kappa shape index (κ1) is 20.6. The fourth-order valence-electron chi connectivity index (χ4n) is 3.86. The topological polar surface area (TPSA) is 57.1 Å². The van der Waals surface area contributed by atoms with Gasteiger partial charge in [0.15, 0.2) is 0 Å². The van der Waals surface area contributed by atoms with Crippen molar-refractivity contribution in [1.29, 1.82) is 0 Å². The molecule has 30 heavy (non-hydrogen) atoms. The molecule has 0 aliphatic carbocycles. The number of aryl methyl sites for hydroxylation is 1. The van der Waals surface area contributed by atoms with E-state index in [9.17, 15) is 9.18 Å². The van der Waals surface area contributed by atoms with Gasteiger partial charge in [-0.05, 0) is 81.1 Å². The molecule has 2 heterocycles. The van der Waals surface area contributed by atoms with E-state index in [2.05, 4.69) is 33.6 Å². The second-order valence-electron chi connectivity index (χ2n) is 7.81. The number of hydrogen-bond acceptors (Lipinski definition) is 4. The molecule has 1 unspecified atom stereocenters. The lowest BCUT2D eigenvalue weighted by Crippen LogP contribution is -2.37. The van der Waals surface area contributed by atoms with Crippen LogP contribution in [0.5, 0.6) is 0 Å². The average molecular weight is 425 g/mol. The molecule has 4 rings (SSSR count). The van der Waals surface area contributed by atoms with Crippen LogP contribution < -0.4 is 10.3 Å². The molecule has 7 heteroatoms. The number of anilines is 1. The molecule has 1 amide bonds. The van der Waals surface area contributed by atoms with Gasteiger partial charge in [0.25, 0.3) is 5.24 Å². The predicted molar refractivity (Wildman–Crippen MR) is 122 cm³/mol. The van der Waals surface area contributed by atoms with Crippen LogP contribution in [0.15, 0.2) is 52.6 Å². The third-order valence-corrected chi connectivity index (χ3v) is 6.05. The second-order valence-corrected chi connectivity index (χ2v) is 9.12. The molecule has 0 aromatic heterocycles. The lowest BCUT2D eigenvalue weighted by atomic mass is 9.96. The molecule has 2 aromatic carbocycles. The number of benzene rings is 2. The van der Waals surface area contributed by atoms with Crippen LogP contribution in [0.25, 0.3) is 0 Å². The summed E-state index contributed by atoms with van der Waals surface area (Å²) in [6.45, 7) is 6.95. The molecule has 2 aliphatic heterocycles. The Balaban J connectivity index is 1.72. The van der Waals surface area contributed by atoms with Crippen molar-refractivity contribution in [3.05, 3.63) is 65.0 Å². The van der Waals surface area contributed by atoms with Crippen LogP contribution >= 0.6 is 11.8 Å². The molecule has 156 valence electrons. The fourth-order valence-corrected chi connectivity index (χ4v) is 4.58. The number of thioether (sulfide) groups is 1. The number of halogens is 1. The number of amides is 1. The molecule has 0 spiro atoms. The van der Waals surface area contributed by atoms with Gasteiger partial charge in [-0.2, -0.15) is 5.10 Å². The van der Waals surface area contributed by atoms with Gasteiger partial charge in [0, 0.05) is 23.8 Å². The van der Waals surface area contributed by atoms with Gasteiger partial charge < -0.3 is 4.90 Å². The van der Waals surface area contributed by atoms with Gasteiger partial charge in [-0.1, -0.05) is 17.8 Å². The molecule has 0 saturated carbocycles. The summed E-state index contributed by atoms with van der Waals surface area (Å²) < 4.78 is 13.5. The summed E-state index contributed by atoms with van der Waals surface area (Å²) in [4.78, 5) is 18.7. The summed E-state index contributed by atoms with van der Waals surface area (Å²) in [7, 11) is 0. The number of hydrogen-bond donors (Lipinski definition) is 1. The molecule has 1 atom stereocenters. The minimum atomic E-state index is -0.251. The van der Waals surface area contributed by atoms with E-state index in [0.717, 1.165) is 47.7 Å². The van der Waals surface area contributed by atoms with Crippen molar-refractivity contribution in [2.75, 3.05) is 11.4 Å². The number of rotatable bonds is 3. The second kappa shape index (κ2) is 8.60. The normalized spacial score (nSPS) is 19.4. The van der Waals surface area contributed by atoms with E-state index in [1.807, 2.05) is 20.8 Å². The van der Waals surface area contributed by atoms with Gasteiger partial charge in [0.1, 0.15) is 11.7 Å². The highest BCUT2D eigenvalue weighted by Gasteiger charge is 2.26. The SMILES string of the molecule is CC(C)/N=C(/c1ccc(F)cc1)N1CCCc2cc(C3=NNC(=O)SC3C)ccc21. The Kier molecular flexibility index (Phi) is 5.90. The highest BCUT2D eigenvalue weighted by molar-refractivity contribution is 8.14. The molecule has 1 N–H and O–H groups in total. The number of aliphatic imine (C=N–C) groups is 1. The minimum absolute atomic E-state index is 0.00812. The lowest BCUT2D eigenvalue weighted by Gasteiger charge is -2.33. The maximum absolute atomic E-state index is 13.5. The average Bonchev–Trinajstić information content (AvgIpc) is 2.72. The fraction of sp³-hybridized carbons (Fsp3) is 0.348. The molecule has 2 aromatic rings. The van der Waals surface area contributed by atoms with Gasteiger partial charge in [0.2, 0.25) is 0 Å². The molecular weight excluding hydrogens is 399 g/mol. The number of nitrogens with one attached hydrogen (secondary N) is 1. The molecule has 0 radical (unpaired) electrons. The van der Waals surface area contributed by atoms with Crippen LogP contribution in [0.1, 0.15) is 43.9 Å². The van der Waals surface area contributed by atoms with Crippen molar-refractivity contribution in [2.24, 2.45) is 10.1 Å². The van der Waals surface area contributed by atoms with E-state index in [1.165, 1.54) is 29.5 Å². The van der Waals surface area contributed by atoms with E-state index in [4.69, 9.17) is 4.99 Å². The van der Waals surface area contributed by atoms with Gasteiger partial charge in [-0.3, -0.25) is 9.79 Å². The zero-order chi connectivity index (χ0) is 21.3. The zero-order valence-corrected chi connectivity index (χ0v) is 18.2. The van der Waals surface area contributed by atoms with E-state index in [-0.39, 0.29) is 22.3 Å². The van der Waals surface area contributed by atoms with Crippen LogP contribution in [0.4, 0.5) is 14.9 Å². The van der Waals surface area contributed by atoms with Gasteiger partial charge >= 0.3 is 0 Å². The molecular formula is C23H25FN4OS. The van der Waals surface area contributed by atoms with E-state index in [1.54, 1.807) is 12.1 Å². The number of carbonyl (C=O) groups excluding carboxylic acids is 1. The highest BCUT2D eigenvalue weighted by atomic mass is 32.2. The first-order valence-corrected chi connectivity index (χ1v) is 11.1. The highest BCUT2D eigenvalue weighted by Crippen LogP contribution is 2.32. The summed E-state index contributed by atoms with van der Waals surface area (Å²) in [5.41, 5.74) is 7.74. The largest absolute Gasteiger partial charge is 0.326 e. The number of fused-ring (bicyclic) bond motifs is 1. The van der Waals surface area contributed by atoms with Crippen molar-refractivity contribution in [2.45, 2.75) is 44.9 Å². The van der Waals surface area contributed by atoms with E-state index in [0.29, 0.717) is 0 Å². The van der Waals surface area contributed by atoms with Crippen molar-refractivity contribution in [3.63, 3.8) is 0 Å². The van der Waals surface area contributed by atoms with E-state index < -0.39 is 0 Å². The van der Waals surface area contributed by atoms with Crippen LogP contribution in [-0.2, 0) is 6.42 Å². The van der Waals surface area contributed by atoms with Gasteiger partial charge in [-0.25, -0.2) is 9.82 Å². The molecule has 0 bridgehead atoms. The minimum Gasteiger partial charge on any atom is -0.326 e. The number of nitrogens with zero attached hydrogens (tertiary/aromatic N) is 3. The number of hydrazone groups is 1. The first-order chi connectivity index (χ1) is 14.4. The summed E-state index contributed by atoms with van der Waals surface area (Å²) in [5, 5.41) is 4.17. The summed E-state index contributed by atoms with van der Waals surface area (Å²) >= 11 is 1.25. The molecule has 0 fully saturated rings. The Hall–Kier alpha value is -2.67. The van der Waals surface area contributed by atoms with Gasteiger partial charge in [0.05, 0.1) is 11.0 Å². The summed E-state index contributed by atoms with van der Waals surface area (Å²) in [6, 6.07) is 13.0.